The fourth-order valence-corrected chi connectivity index (χ4v) is 3.10. The zero-order valence-electron chi connectivity index (χ0n) is 13.7. The highest BCUT2D eigenvalue weighted by molar-refractivity contribution is 5.82. The van der Waals surface area contributed by atoms with E-state index in [0.717, 1.165) is 25.0 Å². The van der Waals surface area contributed by atoms with Gasteiger partial charge in [0.05, 0.1) is 17.5 Å². The van der Waals surface area contributed by atoms with Crippen LogP contribution in [0.2, 0.25) is 0 Å². The molecule has 8 heteroatoms. The fourth-order valence-electron chi connectivity index (χ4n) is 3.10. The summed E-state index contributed by atoms with van der Waals surface area (Å²) in [6.45, 7) is 1.34. The summed E-state index contributed by atoms with van der Waals surface area (Å²) in [6, 6.07) is 4.65. The van der Waals surface area contributed by atoms with Crippen molar-refractivity contribution in [3.8, 4) is 5.75 Å². The lowest BCUT2D eigenvalue weighted by Gasteiger charge is -2.30. The number of carbonyl (C=O) groups excluding carboxylic acids is 1. The second-order valence-corrected chi connectivity index (χ2v) is 6.30. The van der Waals surface area contributed by atoms with E-state index in [-0.39, 0.29) is 6.42 Å². The molecule has 2 rings (SSSR count). The van der Waals surface area contributed by atoms with Crippen LogP contribution in [-0.2, 0) is 15.8 Å². The quantitative estimate of drug-likeness (QED) is 0.817. The van der Waals surface area contributed by atoms with Gasteiger partial charge in [0.25, 0.3) is 5.91 Å². The van der Waals surface area contributed by atoms with E-state index in [1.165, 1.54) is 19.1 Å². The van der Waals surface area contributed by atoms with Crippen molar-refractivity contribution in [3.05, 3.63) is 29.8 Å². The summed E-state index contributed by atoms with van der Waals surface area (Å²) >= 11 is 0. The number of hydrogen-bond acceptors (Lipinski definition) is 3. The number of aliphatic carboxylic acids is 1. The monoisotopic (exact) mass is 359 g/mol. The number of hydrogen-bond donors (Lipinski definition) is 2. The molecular formula is C17H20F3NO4. The van der Waals surface area contributed by atoms with Gasteiger partial charge < -0.3 is 15.2 Å². The van der Waals surface area contributed by atoms with E-state index in [4.69, 9.17) is 9.84 Å². The maximum Gasteiger partial charge on any atom is 0.419 e. The molecule has 2 N–H and O–H groups in total. The number of rotatable bonds is 6. The molecule has 25 heavy (non-hydrogen) atoms. The number of nitrogens with one attached hydrogen (secondary N) is 1. The van der Waals surface area contributed by atoms with Crippen molar-refractivity contribution in [1.29, 1.82) is 0 Å². The zero-order chi connectivity index (χ0) is 18.7. The van der Waals surface area contributed by atoms with Gasteiger partial charge in [0, 0.05) is 0 Å². The van der Waals surface area contributed by atoms with Crippen molar-refractivity contribution in [1.82, 2.24) is 5.32 Å². The first-order valence-corrected chi connectivity index (χ1v) is 8.00. The molecule has 1 aromatic rings. The number of alkyl halides is 3. The van der Waals surface area contributed by atoms with Gasteiger partial charge in [-0.15, -0.1) is 0 Å². The first kappa shape index (κ1) is 19.1. The summed E-state index contributed by atoms with van der Waals surface area (Å²) in [7, 11) is 0. The third-order valence-corrected chi connectivity index (χ3v) is 4.30. The first-order valence-electron chi connectivity index (χ1n) is 8.00. The van der Waals surface area contributed by atoms with Gasteiger partial charge in [-0.25, -0.2) is 0 Å². The molecule has 1 fully saturated rings. The van der Waals surface area contributed by atoms with Crippen molar-refractivity contribution in [2.24, 2.45) is 0 Å². The van der Waals surface area contributed by atoms with Crippen molar-refractivity contribution < 1.29 is 32.6 Å². The van der Waals surface area contributed by atoms with Gasteiger partial charge in [0.2, 0.25) is 0 Å². The molecule has 0 aromatic heterocycles. The second kappa shape index (κ2) is 7.33. The molecule has 0 aliphatic heterocycles. The smallest absolute Gasteiger partial charge is 0.419 e. The molecule has 0 heterocycles. The third kappa shape index (κ3) is 4.87. The molecule has 0 saturated heterocycles. The molecule has 1 unspecified atom stereocenters. The summed E-state index contributed by atoms with van der Waals surface area (Å²) in [5.74, 6) is -2.09. The van der Waals surface area contributed by atoms with E-state index in [0.29, 0.717) is 12.8 Å². The molecule has 1 atom stereocenters. The number of para-hydroxylation sites is 1. The minimum atomic E-state index is -4.59. The van der Waals surface area contributed by atoms with Crippen LogP contribution in [0.15, 0.2) is 24.3 Å². The Morgan fingerprint density at radius 2 is 1.88 bits per heavy atom. The molecular weight excluding hydrogens is 339 g/mol. The van der Waals surface area contributed by atoms with E-state index in [2.05, 4.69) is 5.32 Å². The van der Waals surface area contributed by atoms with Gasteiger partial charge in [0.15, 0.2) is 6.10 Å². The maximum atomic E-state index is 13.0. The van der Waals surface area contributed by atoms with Crippen LogP contribution in [0.25, 0.3) is 0 Å². The Morgan fingerprint density at radius 1 is 1.28 bits per heavy atom. The predicted molar refractivity (Wildman–Crippen MR) is 83.1 cm³/mol. The summed E-state index contributed by atoms with van der Waals surface area (Å²) in [5.41, 5.74) is -1.82. The molecule has 1 aromatic carbocycles. The summed E-state index contributed by atoms with van der Waals surface area (Å²) < 4.78 is 44.2. The standard InChI is InChI=1S/C17H20F3NO4/c1-11(25-13-7-3-2-6-12(13)17(18,19)20)15(24)21-16(10-14(22)23)8-4-5-9-16/h2-3,6-7,11H,4-5,8-10H2,1H3,(H,21,24)(H,22,23). The van der Waals surface area contributed by atoms with Crippen LogP contribution in [-0.4, -0.2) is 28.6 Å². The summed E-state index contributed by atoms with van der Waals surface area (Å²) in [6.07, 6.45) is -3.37. The predicted octanol–water partition coefficient (Wildman–Crippen LogP) is 3.38. The molecule has 1 saturated carbocycles. The molecule has 0 spiro atoms. The molecule has 5 nitrogen and oxygen atoms in total. The molecule has 138 valence electrons. The number of ether oxygens (including phenoxy) is 1. The fraction of sp³-hybridized carbons (Fsp3) is 0.529. The summed E-state index contributed by atoms with van der Waals surface area (Å²) in [4.78, 5) is 23.4. The van der Waals surface area contributed by atoms with Crippen molar-refractivity contribution in [2.75, 3.05) is 0 Å². The topological polar surface area (TPSA) is 75.6 Å². The Hall–Kier alpha value is -2.25. The Balaban J connectivity index is 2.09. The van der Waals surface area contributed by atoms with Crippen LogP contribution in [0.3, 0.4) is 0 Å². The largest absolute Gasteiger partial charge is 0.481 e. The lowest BCUT2D eigenvalue weighted by atomic mass is 9.93. The number of carbonyl (C=O) groups is 2. The zero-order valence-corrected chi connectivity index (χ0v) is 13.7. The number of halogens is 3. The van der Waals surface area contributed by atoms with Crippen molar-refractivity contribution in [3.63, 3.8) is 0 Å². The van der Waals surface area contributed by atoms with Crippen LogP contribution in [0.1, 0.15) is 44.6 Å². The van der Waals surface area contributed by atoms with E-state index < -0.39 is 41.0 Å². The Morgan fingerprint density at radius 3 is 2.44 bits per heavy atom. The Kier molecular flexibility index (Phi) is 5.59. The first-order chi connectivity index (χ1) is 11.6. The molecule has 1 amide bonds. The van der Waals surface area contributed by atoms with Crippen LogP contribution in [0.5, 0.6) is 5.75 Å². The molecule has 1 aliphatic rings. The summed E-state index contributed by atoms with van der Waals surface area (Å²) in [5, 5.41) is 11.7. The number of carboxylic acid groups (broad SMARTS) is 1. The normalized spacial score (nSPS) is 17.8. The minimum Gasteiger partial charge on any atom is -0.481 e. The van der Waals surface area contributed by atoms with Gasteiger partial charge >= 0.3 is 12.1 Å². The highest BCUT2D eigenvalue weighted by Gasteiger charge is 2.39. The SMILES string of the molecule is CC(Oc1ccccc1C(F)(F)F)C(=O)NC1(CC(=O)O)CCCC1. The third-order valence-electron chi connectivity index (χ3n) is 4.30. The van der Waals surface area contributed by atoms with Crippen molar-refractivity contribution in [2.45, 2.75) is 56.8 Å². The van der Waals surface area contributed by atoms with Crippen LogP contribution >= 0.6 is 0 Å². The number of benzene rings is 1. The molecule has 1 aliphatic carbocycles. The minimum absolute atomic E-state index is 0.218. The second-order valence-electron chi connectivity index (χ2n) is 6.30. The highest BCUT2D eigenvalue weighted by atomic mass is 19.4. The van der Waals surface area contributed by atoms with Crippen LogP contribution in [0, 0.1) is 0 Å². The van der Waals surface area contributed by atoms with Gasteiger partial charge in [-0.05, 0) is 31.9 Å². The lowest BCUT2D eigenvalue weighted by Crippen LogP contribution is -2.51. The average Bonchev–Trinajstić information content (AvgIpc) is 2.93. The van der Waals surface area contributed by atoms with Gasteiger partial charge in [-0.3, -0.25) is 9.59 Å². The van der Waals surface area contributed by atoms with E-state index in [1.54, 1.807) is 0 Å². The molecule has 0 bridgehead atoms. The van der Waals surface area contributed by atoms with Crippen LogP contribution < -0.4 is 10.1 Å². The van der Waals surface area contributed by atoms with E-state index in [1.807, 2.05) is 0 Å². The van der Waals surface area contributed by atoms with E-state index in [9.17, 15) is 22.8 Å². The number of amides is 1. The lowest BCUT2D eigenvalue weighted by molar-refractivity contribution is -0.142. The molecule has 0 radical (unpaired) electrons. The van der Waals surface area contributed by atoms with Crippen molar-refractivity contribution >= 4 is 11.9 Å². The van der Waals surface area contributed by atoms with Gasteiger partial charge in [-0.2, -0.15) is 13.2 Å². The van der Waals surface area contributed by atoms with E-state index >= 15 is 0 Å². The Bertz CT molecular complexity index is 639. The van der Waals surface area contributed by atoms with Gasteiger partial charge in [0.1, 0.15) is 5.75 Å². The van der Waals surface area contributed by atoms with Gasteiger partial charge in [-0.1, -0.05) is 25.0 Å². The number of carboxylic acids is 1. The van der Waals surface area contributed by atoms with Crippen LogP contribution in [0.4, 0.5) is 13.2 Å². The highest BCUT2D eigenvalue weighted by Crippen LogP contribution is 2.36. The Labute approximate surface area is 143 Å². The maximum absolute atomic E-state index is 13.0. The average molecular weight is 359 g/mol.